The van der Waals surface area contributed by atoms with E-state index in [-0.39, 0.29) is 10.5 Å². The third-order valence-electron chi connectivity index (χ3n) is 1.94. The minimum atomic E-state index is -2.91. The minimum absolute atomic E-state index is 0.313. The fraction of sp³-hybridized carbons (Fsp3) is 0.500. The molecule has 0 aromatic carbocycles. The monoisotopic (exact) mass is 172 g/mol. The van der Waals surface area contributed by atoms with Crippen LogP contribution in [0.2, 0.25) is 0 Å². The van der Waals surface area contributed by atoms with Crippen LogP contribution in [0, 0.1) is 0 Å². The van der Waals surface area contributed by atoms with Gasteiger partial charge in [-0.05, 0) is 13.3 Å². The first kappa shape index (κ1) is 8.53. The Balaban J connectivity index is 2.87. The average molecular weight is 172 g/mol. The van der Waals surface area contributed by atoms with Gasteiger partial charge in [0.05, 0.1) is 10.5 Å². The van der Waals surface area contributed by atoms with E-state index in [1.165, 1.54) is 0 Å². The van der Waals surface area contributed by atoms with Gasteiger partial charge in [-0.15, -0.1) is 6.58 Å². The van der Waals surface area contributed by atoms with E-state index < -0.39 is 9.84 Å². The molecule has 1 aliphatic rings. The van der Waals surface area contributed by atoms with Gasteiger partial charge in [0, 0.05) is 0 Å². The third-order valence-corrected chi connectivity index (χ3v) is 4.32. The van der Waals surface area contributed by atoms with Crippen LogP contribution in [0.25, 0.3) is 0 Å². The van der Waals surface area contributed by atoms with Crippen LogP contribution in [0.15, 0.2) is 24.8 Å². The van der Waals surface area contributed by atoms with Crippen molar-refractivity contribution in [1.82, 2.24) is 0 Å². The smallest absolute Gasteiger partial charge is 0.163 e. The second-order valence-electron chi connectivity index (χ2n) is 2.74. The molecule has 3 heteroatoms. The van der Waals surface area contributed by atoms with Crippen LogP contribution in [0.3, 0.4) is 0 Å². The molecule has 0 radical (unpaired) electrons. The SMILES string of the molecule is C=CC[C@H]1C=C[C@H](C)S1(=O)=O. The van der Waals surface area contributed by atoms with Crippen molar-refractivity contribution in [2.75, 3.05) is 0 Å². The lowest BCUT2D eigenvalue weighted by Crippen LogP contribution is -2.21. The zero-order valence-corrected chi connectivity index (χ0v) is 7.34. The van der Waals surface area contributed by atoms with Crippen molar-refractivity contribution in [3.05, 3.63) is 24.8 Å². The van der Waals surface area contributed by atoms with Crippen molar-refractivity contribution in [2.24, 2.45) is 0 Å². The maximum absolute atomic E-state index is 11.4. The highest BCUT2D eigenvalue weighted by Gasteiger charge is 2.31. The number of sulfone groups is 1. The summed E-state index contributed by atoms with van der Waals surface area (Å²) in [5.41, 5.74) is 0. The summed E-state index contributed by atoms with van der Waals surface area (Å²) in [6.45, 7) is 5.22. The second kappa shape index (κ2) is 2.81. The highest BCUT2D eigenvalue weighted by Crippen LogP contribution is 2.22. The number of hydrogen-bond acceptors (Lipinski definition) is 2. The summed E-state index contributed by atoms with van der Waals surface area (Å²) in [5.74, 6) is 0. The first-order chi connectivity index (χ1) is 5.09. The summed E-state index contributed by atoms with van der Waals surface area (Å²) in [4.78, 5) is 0. The molecule has 62 valence electrons. The first-order valence-electron chi connectivity index (χ1n) is 3.61. The molecular weight excluding hydrogens is 160 g/mol. The lowest BCUT2D eigenvalue weighted by molar-refractivity contribution is 0.587. The predicted octanol–water partition coefficient (Wildman–Crippen LogP) is 1.30. The standard InChI is InChI=1S/C8H12O2S/c1-3-4-8-6-5-7(2)11(8,9)10/h3,5-8H,1,4H2,2H3/t7-,8-/m0/s1. The summed E-state index contributed by atoms with van der Waals surface area (Å²) in [5, 5.41) is -0.637. The van der Waals surface area contributed by atoms with Gasteiger partial charge >= 0.3 is 0 Å². The largest absolute Gasteiger partial charge is 0.228 e. The molecule has 1 aliphatic heterocycles. The summed E-state index contributed by atoms with van der Waals surface area (Å²) < 4.78 is 22.7. The zero-order chi connectivity index (χ0) is 8.48. The van der Waals surface area contributed by atoms with Gasteiger partial charge in [0.15, 0.2) is 9.84 Å². The molecule has 0 aromatic heterocycles. The van der Waals surface area contributed by atoms with Gasteiger partial charge in [0.25, 0.3) is 0 Å². The van der Waals surface area contributed by atoms with Crippen LogP contribution < -0.4 is 0 Å². The van der Waals surface area contributed by atoms with Crippen molar-refractivity contribution >= 4 is 9.84 Å². The molecule has 0 saturated heterocycles. The normalized spacial score (nSPS) is 33.9. The minimum Gasteiger partial charge on any atom is -0.228 e. The van der Waals surface area contributed by atoms with E-state index in [0.29, 0.717) is 6.42 Å². The molecule has 1 heterocycles. The van der Waals surface area contributed by atoms with Gasteiger partial charge in [-0.2, -0.15) is 0 Å². The maximum Gasteiger partial charge on any atom is 0.163 e. The van der Waals surface area contributed by atoms with E-state index in [2.05, 4.69) is 6.58 Å². The molecule has 0 N–H and O–H groups in total. The van der Waals surface area contributed by atoms with Crippen LogP contribution >= 0.6 is 0 Å². The van der Waals surface area contributed by atoms with Crippen LogP contribution in [-0.4, -0.2) is 18.9 Å². The molecule has 0 unspecified atom stereocenters. The Morgan fingerprint density at radius 2 is 2.18 bits per heavy atom. The van der Waals surface area contributed by atoms with Gasteiger partial charge in [0.2, 0.25) is 0 Å². The average Bonchev–Trinajstić information content (AvgIpc) is 2.16. The van der Waals surface area contributed by atoms with E-state index >= 15 is 0 Å². The third kappa shape index (κ3) is 1.38. The molecule has 0 fully saturated rings. The Hall–Kier alpha value is -0.570. The van der Waals surface area contributed by atoms with Crippen molar-refractivity contribution < 1.29 is 8.42 Å². The van der Waals surface area contributed by atoms with Crippen molar-refractivity contribution in [3.63, 3.8) is 0 Å². The van der Waals surface area contributed by atoms with Crippen LogP contribution in [0.4, 0.5) is 0 Å². The molecule has 0 spiro atoms. The fourth-order valence-electron chi connectivity index (χ4n) is 1.15. The summed E-state index contributed by atoms with van der Waals surface area (Å²) in [6.07, 6.45) is 5.67. The molecular formula is C8H12O2S. The van der Waals surface area contributed by atoms with Gasteiger partial charge in [0.1, 0.15) is 0 Å². The molecule has 0 amide bonds. The van der Waals surface area contributed by atoms with Crippen LogP contribution in [0.1, 0.15) is 13.3 Å². The molecule has 0 aromatic rings. The Morgan fingerprint density at radius 3 is 2.55 bits per heavy atom. The Labute approximate surface area is 67.5 Å². The molecule has 1 rings (SSSR count). The van der Waals surface area contributed by atoms with Crippen molar-refractivity contribution in [2.45, 2.75) is 23.8 Å². The van der Waals surface area contributed by atoms with E-state index in [1.54, 1.807) is 25.2 Å². The maximum atomic E-state index is 11.4. The zero-order valence-electron chi connectivity index (χ0n) is 6.53. The molecule has 0 aliphatic carbocycles. The highest BCUT2D eigenvalue weighted by atomic mass is 32.2. The van der Waals surface area contributed by atoms with E-state index in [4.69, 9.17) is 0 Å². The Bertz CT molecular complexity index is 274. The number of rotatable bonds is 2. The van der Waals surface area contributed by atoms with Crippen LogP contribution in [0.5, 0.6) is 0 Å². The molecule has 0 saturated carbocycles. The quantitative estimate of drug-likeness (QED) is 0.588. The topological polar surface area (TPSA) is 34.1 Å². The van der Waals surface area contributed by atoms with Crippen molar-refractivity contribution in [3.8, 4) is 0 Å². The summed E-state index contributed by atoms with van der Waals surface area (Å²) in [7, 11) is -2.91. The molecule has 0 bridgehead atoms. The van der Waals surface area contributed by atoms with Crippen LogP contribution in [-0.2, 0) is 9.84 Å². The lowest BCUT2D eigenvalue weighted by atomic mass is 10.3. The van der Waals surface area contributed by atoms with Gasteiger partial charge in [-0.3, -0.25) is 0 Å². The van der Waals surface area contributed by atoms with E-state index in [0.717, 1.165) is 0 Å². The molecule has 2 atom stereocenters. The lowest BCUT2D eigenvalue weighted by Gasteiger charge is -2.07. The second-order valence-corrected chi connectivity index (χ2v) is 5.27. The van der Waals surface area contributed by atoms with Gasteiger partial charge < -0.3 is 0 Å². The predicted molar refractivity (Wildman–Crippen MR) is 46.1 cm³/mol. The Morgan fingerprint density at radius 1 is 1.55 bits per heavy atom. The Kier molecular flexibility index (Phi) is 2.18. The van der Waals surface area contributed by atoms with Gasteiger partial charge in [-0.1, -0.05) is 18.2 Å². The molecule has 11 heavy (non-hydrogen) atoms. The number of hydrogen-bond donors (Lipinski definition) is 0. The highest BCUT2D eigenvalue weighted by molar-refractivity contribution is 7.93. The fourth-order valence-corrected chi connectivity index (χ4v) is 2.73. The number of allylic oxidation sites excluding steroid dienone is 1. The first-order valence-corrected chi connectivity index (χ1v) is 5.22. The summed E-state index contributed by atoms with van der Waals surface area (Å²) in [6, 6.07) is 0. The van der Waals surface area contributed by atoms with E-state index in [1.807, 2.05) is 0 Å². The van der Waals surface area contributed by atoms with E-state index in [9.17, 15) is 8.42 Å². The molecule has 2 nitrogen and oxygen atoms in total. The van der Waals surface area contributed by atoms with Gasteiger partial charge in [-0.25, -0.2) is 8.42 Å². The van der Waals surface area contributed by atoms with Crippen molar-refractivity contribution in [1.29, 1.82) is 0 Å². The summed E-state index contributed by atoms with van der Waals surface area (Å²) >= 11 is 0.